The van der Waals surface area contributed by atoms with Crippen molar-refractivity contribution >= 4 is 56.6 Å². The average Bonchev–Trinajstić information content (AvgIpc) is 3.98. The standard InChI is InChI=1S/C43H50N12O6/c1-8-54-32(17-25(5)50-54)40-46-23-30-29-19-27(38(44)56)21-34(60-16-12-15-59-7)36(29)52(41(30)48-40)13-10-11-14-53-37-31(20-28(39(45)57)22-35(37)61-24(3)4)47-43(53)49-42(58)33-18-26(6)51-55(33)9-2/h10-11,17-24H,8-9,12-16H2,1-7H3,(H2,44,56)(H2,45,57)(H,47,49,58)/b11-10+. The highest BCUT2D eigenvalue weighted by Crippen LogP contribution is 2.37. The second-order valence-electron chi connectivity index (χ2n) is 14.8. The van der Waals surface area contributed by atoms with Crippen molar-refractivity contribution in [3.63, 3.8) is 0 Å². The first kappa shape index (κ1) is 42.1. The molecule has 0 aliphatic carbocycles. The summed E-state index contributed by atoms with van der Waals surface area (Å²) in [5.41, 5.74) is 17.0. The number of fused-ring (bicyclic) bond motifs is 4. The maximum atomic E-state index is 13.8. The second kappa shape index (κ2) is 17.6. The number of ether oxygens (including phenoxy) is 3. The Morgan fingerprint density at radius 1 is 0.803 bits per heavy atom. The number of hydrogen-bond acceptors (Lipinski definition) is 11. The van der Waals surface area contributed by atoms with E-state index >= 15 is 0 Å². The number of nitrogens with zero attached hydrogens (tertiary/aromatic N) is 9. The van der Waals surface area contributed by atoms with Crippen LogP contribution in [-0.2, 0) is 30.9 Å². The van der Waals surface area contributed by atoms with Gasteiger partial charge in [-0.1, -0.05) is 12.2 Å². The highest BCUT2D eigenvalue weighted by molar-refractivity contribution is 6.12. The highest BCUT2D eigenvalue weighted by Gasteiger charge is 2.24. The molecule has 5 N–H and O–H groups in total. The topological polar surface area (TPSA) is 227 Å². The van der Waals surface area contributed by atoms with E-state index in [0.717, 1.165) is 11.4 Å². The molecule has 0 spiro atoms. The summed E-state index contributed by atoms with van der Waals surface area (Å²) in [4.78, 5) is 53.4. The number of nitrogens with one attached hydrogen (secondary N) is 1. The minimum absolute atomic E-state index is 0.213. The van der Waals surface area contributed by atoms with Gasteiger partial charge in [-0.3, -0.25) is 29.1 Å². The molecule has 2 aromatic carbocycles. The third-order valence-electron chi connectivity index (χ3n) is 9.98. The maximum absolute atomic E-state index is 13.8. The number of nitrogens with two attached hydrogens (primary N) is 2. The fourth-order valence-electron chi connectivity index (χ4n) is 7.36. The highest BCUT2D eigenvalue weighted by atomic mass is 16.5. The molecule has 0 bridgehead atoms. The Balaban J connectivity index is 1.35. The van der Waals surface area contributed by atoms with Crippen LogP contribution in [0.2, 0.25) is 0 Å². The minimum Gasteiger partial charge on any atom is -0.491 e. The molecule has 0 radical (unpaired) electrons. The first-order chi connectivity index (χ1) is 29.3. The molecule has 0 aliphatic rings. The van der Waals surface area contributed by atoms with Crippen LogP contribution in [0.15, 0.2) is 54.7 Å². The fraction of sp³-hybridized carbons (Fsp3) is 0.349. The minimum atomic E-state index is -0.643. The van der Waals surface area contributed by atoms with Crippen LogP contribution in [0.4, 0.5) is 5.95 Å². The lowest BCUT2D eigenvalue weighted by Gasteiger charge is -2.15. The largest absolute Gasteiger partial charge is 0.491 e. The van der Waals surface area contributed by atoms with E-state index in [9.17, 15) is 14.4 Å². The summed E-state index contributed by atoms with van der Waals surface area (Å²) < 4.78 is 25.1. The predicted octanol–water partition coefficient (Wildman–Crippen LogP) is 5.56. The lowest BCUT2D eigenvalue weighted by Crippen LogP contribution is -2.20. The molecule has 0 aliphatic heterocycles. The second-order valence-corrected chi connectivity index (χ2v) is 14.8. The summed E-state index contributed by atoms with van der Waals surface area (Å²) in [6.45, 7) is 13.9. The molecule has 318 valence electrons. The van der Waals surface area contributed by atoms with Crippen molar-refractivity contribution in [1.29, 1.82) is 0 Å². The van der Waals surface area contributed by atoms with Gasteiger partial charge in [0.05, 0.1) is 35.1 Å². The monoisotopic (exact) mass is 830 g/mol. The van der Waals surface area contributed by atoms with E-state index in [1.54, 1.807) is 48.3 Å². The van der Waals surface area contributed by atoms with Crippen LogP contribution >= 0.6 is 0 Å². The van der Waals surface area contributed by atoms with Crippen molar-refractivity contribution in [1.82, 2.24) is 43.6 Å². The number of carbonyl (C=O) groups excluding carboxylic acids is 3. The Labute approximate surface area is 351 Å². The molecule has 3 amide bonds. The number of hydrogen-bond donors (Lipinski definition) is 3. The van der Waals surface area contributed by atoms with E-state index < -0.39 is 17.7 Å². The quantitative estimate of drug-likeness (QED) is 0.0717. The van der Waals surface area contributed by atoms with Gasteiger partial charge in [0.15, 0.2) is 5.82 Å². The number of aryl methyl sites for hydroxylation is 4. The van der Waals surface area contributed by atoms with Crippen LogP contribution in [-0.4, -0.2) is 87.8 Å². The van der Waals surface area contributed by atoms with Crippen LogP contribution in [0.1, 0.15) is 76.7 Å². The van der Waals surface area contributed by atoms with E-state index in [-0.39, 0.29) is 29.7 Å². The Kier molecular flexibility index (Phi) is 12.2. The molecule has 7 aromatic rings. The number of methoxy groups -OCH3 is 1. The zero-order chi connectivity index (χ0) is 43.5. The predicted molar refractivity (Wildman–Crippen MR) is 231 cm³/mol. The van der Waals surface area contributed by atoms with Gasteiger partial charge in [0.1, 0.15) is 34.1 Å². The molecule has 0 unspecified atom stereocenters. The number of aromatic nitrogens is 9. The number of primary amides is 2. The van der Waals surface area contributed by atoms with E-state index in [1.165, 1.54) is 0 Å². The number of carbonyl (C=O) groups is 3. The van der Waals surface area contributed by atoms with Crippen molar-refractivity contribution < 1.29 is 28.6 Å². The van der Waals surface area contributed by atoms with E-state index in [0.29, 0.717) is 101 Å². The Morgan fingerprint density at radius 3 is 2.16 bits per heavy atom. The van der Waals surface area contributed by atoms with Gasteiger partial charge in [-0.05, 0) is 77.9 Å². The number of rotatable bonds is 18. The van der Waals surface area contributed by atoms with Crippen molar-refractivity contribution in [2.24, 2.45) is 11.5 Å². The third-order valence-corrected chi connectivity index (χ3v) is 9.98. The van der Waals surface area contributed by atoms with E-state index in [4.69, 9.17) is 40.6 Å². The Bertz CT molecular complexity index is 2830. The van der Waals surface area contributed by atoms with E-state index in [2.05, 4.69) is 15.5 Å². The van der Waals surface area contributed by atoms with Gasteiger partial charge in [-0.25, -0.2) is 15.0 Å². The van der Waals surface area contributed by atoms with Gasteiger partial charge in [0.2, 0.25) is 17.8 Å². The summed E-state index contributed by atoms with van der Waals surface area (Å²) in [6.07, 6.45) is 6.01. The van der Waals surface area contributed by atoms with Gasteiger partial charge in [-0.2, -0.15) is 10.2 Å². The smallest absolute Gasteiger partial charge is 0.276 e. The summed E-state index contributed by atoms with van der Waals surface area (Å²) >= 11 is 0. The molecule has 5 heterocycles. The number of imidazole rings is 1. The SMILES string of the molecule is CCn1nc(C)cc1C(=O)Nc1nc2cc(C(N)=O)cc(OC(C)C)c2n1C/C=C/Cn1c2nc(-c3cc(C)nn3CC)ncc2c2cc(C(N)=O)cc(OCCCOC)c21. The summed E-state index contributed by atoms with van der Waals surface area (Å²) in [7, 11) is 1.63. The number of anilines is 1. The zero-order valence-electron chi connectivity index (χ0n) is 35.4. The first-order valence-electron chi connectivity index (χ1n) is 20.1. The van der Waals surface area contributed by atoms with E-state index in [1.807, 2.05) is 73.6 Å². The van der Waals surface area contributed by atoms with Gasteiger partial charge in [0, 0.05) is 74.4 Å². The average molecular weight is 831 g/mol. The van der Waals surface area contributed by atoms with Gasteiger partial charge < -0.3 is 34.8 Å². The molecular weight excluding hydrogens is 781 g/mol. The molecule has 7 rings (SSSR count). The van der Waals surface area contributed by atoms with Crippen LogP contribution in [0.3, 0.4) is 0 Å². The summed E-state index contributed by atoms with van der Waals surface area (Å²) in [6, 6.07) is 10.2. The molecular formula is C43H50N12O6. The molecule has 18 nitrogen and oxygen atoms in total. The number of allylic oxidation sites excluding steroid dienone is 2. The van der Waals surface area contributed by atoms with Crippen LogP contribution < -0.4 is 26.3 Å². The maximum Gasteiger partial charge on any atom is 0.276 e. The molecule has 0 fully saturated rings. The van der Waals surface area contributed by atoms with Crippen molar-refractivity contribution in [3.05, 3.63) is 83.0 Å². The third kappa shape index (κ3) is 8.52. The zero-order valence-corrected chi connectivity index (χ0v) is 35.4. The van der Waals surface area contributed by atoms with Crippen molar-refractivity contribution in [2.75, 3.05) is 25.6 Å². The molecule has 5 aromatic heterocycles. The van der Waals surface area contributed by atoms with Crippen molar-refractivity contribution in [2.45, 2.75) is 80.2 Å². The Morgan fingerprint density at radius 2 is 1.48 bits per heavy atom. The number of amides is 3. The summed E-state index contributed by atoms with van der Waals surface area (Å²) in [5, 5.41) is 13.4. The molecule has 0 saturated carbocycles. The van der Waals surface area contributed by atoms with Crippen LogP contribution in [0, 0.1) is 13.8 Å². The summed E-state index contributed by atoms with van der Waals surface area (Å²) in [5.74, 6) is -0.0995. The molecule has 0 saturated heterocycles. The van der Waals surface area contributed by atoms with Gasteiger partial charge in [-0.15, -0.1) is 0 Å². The van der Waals surface area contributed by atoms with Crippen LogP contribution in [0.5, 0.6) is 11.5 Å². The Hall–Kier alpha value is -7.08. The normalized spacial score (nSPS) is 11.8. The lowest BCUT2D eigenvalue weighted by atomic mass is 10.1. The molecule has 0 atom stereocenters. The lowest BCUT2D eigenvalue weighted by molar-refractivity contribution is 0.0991. The van der Waals surface area contributed by atoms with Gasteiger partial charge in [0.25, 0.3) is 5.91 Å². The van der Waals surface area contributed by atoms with Crippen molar-refractivity contribution in [3.8, 4) is 23.0 Å². The van der Waals surface area contributed by atoms with Crippen LogP contribution in [0.25, 0.3) is 44.5 Å². The van der Waals surface area contributed by atoms with Gasteiger partial charge >= 0.3 is 0 Å². The molecule has 18 heteroatoms. The first-order valence-corrected chi connectivity index (χ1v) is 20.1. The molecule has 61 heavy (non-hydrogen) atoms. The number of benzene rings is 2. The fourth-order valence-corrected chi connectivity index (χ4v) is 7.36.